The fourth-order valence-electron chi connectivity index (χ4n) is 3.16. The zero-order valence-corrected chi connectivity index (χ0v) is 14.7. The smallest absolute Gasteiger partial charge is 0.0813 e. The van der Waals surface area contributed by atoms with E-state index in [2.05, 4.69) is 66.5 Å². The largest absolute Gasteiger partial charge is 0.317 e. The van der Waals surface area contributed by atoms with Crippen LogP contribution in [0.25, 0.3) is 5.69 Å². The third kappa shape index (κ3) is 3.02. The molecule has 24 heavy (non-hydrogen) atoms. The topological polar surface area (TPSA) is 30.2 Å². The van der Waals surface area contributed by atoms with Gasteiger partial charge in [-0.2, -0.15) is 0 Å². The van der Waals surface area contributed by atoms with Crippen LogP contribution in [0.4, 0.5) is 5.69 Å². The van der Waals surface area contributed by atoms with E-state index in [1.807, 2.05) is 18.3 Å². The number of aryl methyl sites for hydroxylation is 3. The molecule has 0 radical (unpaired) electrons. The van der Waals surface area contributed by atoms with E-state index in [1.165, 1.54) is 28.2 Å². The molecule has 0 aliphatic rings. The minimum Gasteiger partial charge on any atom is -0.317 e. The highest BCUT2D eigenvalue weighted by Gasteiger charge is 2.14. The van der Waals surface area contributed by atoms with Crippen molar-refractivity contribution in [1.82, 2.24) is 9.55 Å². The van der Waals surface area contributed by atoms with Crippen LogP contribution >= 0.6 is 0 Å². The number of para-hydroxylation sites is 1. The van der Waals surface area contributed by atoms with Gasteiger partial charge in [0, 0.05) is 29.4 Å². The van der Waals surface area contributed by atoms with Crippen LogP contribution < -0.4 is 0 Å². The summed E-state index contributed by atoms with van der Waals surface area (Å²) < 4.78 is 2.35. The van der Waals surface area contributed by atoms with Gasteiger partial charge in [-0.3, -0.25) is 9.98 Å². The fourth-order valence-corrected chi connectivity index (χ4v) is 3.16. The molecule has 0 saturated heterocycles. The first-order valence-corrected chi connectivity index (χ1v) is 8.33. The maximum absolute atomic E-state index is 4.55. The molecular weight excluding hydrogens is 294 g/mol. The summed E-state index contributed by atoms with van der Waals surface area (Å²) in [6.45, 7) is 8.69. The lowest BCUT2D eigenvalue weighted by atomic mass is 10.1. The van der Waals surface area contributed by atoms with Gasteiger partial charge >= 0.3 is 0 Å². The SMILES string of the molecule is CCc1cccc(C)c1-n1c(C)cc(C=Nc2cccnc2)c1C. The molecule has 3 nitrogen and oxygen atoms in total. The Morgan fingerprint density at radius 2 is 1.96 bits per heavy atom. The van der Waals surface area contributed by atoms with Crippen LogP contribution in [0.5, 0.6) is 0 Å². The van der Waals surface area contributed by atoms with Crippen molar-refractivity contribution in [2.45, 2.75) is 34.1 Å². The maximum atomic E-state index is 4.55. The molecular formula is C21H23N3. The van der Waals surface area contributed by atoms with Gasteiger partial charge in [0.15, 0.2) is 0 Å². The molecule has 0 aliphatic carbocycles. The molecule has 0 unspecified atom stereocenters. The van der Waals surface area contributed by atoms with E-state index in [0.717, 1.165) is 17.7 Å². The lowest BCUT2D eigenvalue weighted by Gasteiger charge is -2.17. The van der Waals surface area contributed by atoms with Gasteiger partial charge in [0.1, 0.15) is 0 Å². The Kier molecular flexibility index (Phi) is 4.61. The number of rotatable bonds is 4. The number of nitrogens with zero attached hydrogens (tertiary/aromatic N) is 3. The second-order valence-corrected chi connectivity index (χ2v) is 6.07. The Bertz CT molecular complexity index is 874. The molecule has 0 amide bonds. The lowest BCUT2D eigenvalue weighted by Crippen LogP contribution is -2.05. The molecule has 3 heteroatoms. The zero-order valence-electron chi connectivity index (χ0n) is 14.7. The van der Waals surface area contributed by atoms with E-state index in [0.29, 0.717) is 0 Å². The average Bonchev–Trinajstić information content (AvgIpc) is 2.87. The van der Waals surface area contributed by atoms with Gasteiger partial charge in [0.05, 0.1) is 17.6 Å². The van der Waals surface area contributed by atoms with E-state index in [1.54, 1.807) is 12.4 Å². The lowest BCUT2D eigenvalue weighted by molar-refractivity contribution is 0.926. The van der Waals surface area contributed by atoms with Crippen molar-refractivity contribution < 1.29 is 0 Å². The summed E-state index contributed by atoms with van der Waals surface area (Å²) in [5, 5.41) is 0. The van der Waals surface area contributed by atoms with Gasteiger partial charge in [-0.15, -0.1) is 0 Å². The third-order valence-corrected chi connectivity index (χ3v) is 4.39. The monoisotopic (exact) mass is 317 g/mol. The van der Waals surface area contributed by atoms with E-state index in [-0.39, 0.29) is 0 Å². The molecule has 0 N–H and O–H groups in total. The van der Waals surface area contributed by atoms with Crippen LogP contribution in [0.2, 0.25) is 0 Å². The van der Waals surface area contributed by atoms with E-state index in [9.17, 15) is 0 Å². The second-order valence-electron chi connectivity index (χ2n) is 6.07. The summed E-state index contributed by atoms with van der Waals surface area (Å²) in [5.41, 5.74) is 8.41. The highest BCUT2D eigenvalue weighted by molar-refractivity contribution is 5.84. The average molecular weight is 317 g/mol. The zero-order chi connectivity index (χ0) is 17.1. The number of aliphatic imine (C=N–C) groups is 1. The third-order valence-electron chi connectivity index (χ3n) is 4.39. The Balaban J connectivity index is 2.07. The molecule has 0 atom stereocenters. The quantitative estimate of drug-likeness (QED) is 0.615. The number of hydrogen-bond donors (Lipinski definition) is 0. The summed E-state index contributed by atoms with van der Waals surface area (Å²) in [6, 6.07) is 12.6. The number of aromatic nitrogens is 2. The molecule has 0 saturated carbocycles. The van der Waals surface area contributed by atoms with Crippen molar-refractivity contribution in [2.75, 3.05) is 0 Å². The first-order valence-electron chi connectivity index (χ1n) is 8.33. The molecule has 3 aromatic rings. The molecule has 0 spiro atoms. The van der Waals surface area contributed by atoms with Crippen LogP contribution in [0.3, 0.4) is 0 Å². The van der Waals surface area contributed by atoms with Gasteiger partial charge in [0.2, 0.25) is 0 Å². The van der Waals surface area contributed by atoms with Crippen molar-refractivity contribution in [3.63, 3.8) is 0 Å². The van der Waals surface area contributed by atoms with Crippen LogP contribution in [0, 0.1) is 20.8 Å². The van der Waals surface area contributed by atoms with Crippen molar-refractivity contribution in [2.24, 2.45) is 4.99 Å². The van der Waals surface area contributed by atoms with E-state index >= 15 is 0 Å². The van der Waals surface area contributed by atoms with Crippen LogP contribution in [-0.4, -0.2) is 15.8 Å². The van der Waals surface area contributed by atoms with Crippen molar-refractivity contribution >= 4 is 11.9 Å². The Morgan fingerprint density at radius 3 is 2.67 bits per heavy atom. The second kappa shape index (κ2) is 6.83. The number of pyridine rings is 1. The predicted octanol–water partition coefficient (Wildman–Crippen LogP) is 5.11. The minimum absolute atomic E-state index is 0.868. The van der Waals surface area contributed by atoms with Gasteiger partial charge in [-0.1, -0.05) is 25.1 Å². The Hall–Kier alpha value is -2.68. The van der Waals surface area contributed by atoms with Gasteiger partial charge in [-0.25, -0.2) is 0 Å². The molecule has 0 aliphatic heterocycles. The van der Waals surface area contributed by atoms with E-state index < -0.39 is 0 Å². The van der Waals surface area contributed by atoms with E-state index in [4.69, 9.17) is 0 Å². The molecule has 0 fully saturated rings. The summed E-state index contributed by atoms with van der Waals surface area (Å²) in [7, 11) is 0. The molecule has 122 valence electrons. The van der Waals surface area contributed by atoms with Gasteiger partial charge < -0.3 is 4.57 Å². The standard InChI is InChI=1S/C21H23N3/c1-5-18-9-6-8-15(2)21(18)24-16(3)12-19(17(24)4)13-23-20-10-7-11-22-14-20/h6-14H,5H2,1-4H3. The van der Waals surface area contributed by atoms with Gasteiger partial charge in [-0.05, 0) is 56.5 Å². The Morgan fingerprint density at radius 1 is 1.12 bits per heavy atom. The van der Waals surface area contributed by atoms with Crippen LogP contribution in [0.1, 0.15) is 35.0 Å². The van der Waals surface area contributed by atoms with Crippen molar-refractivity contribution in [3.8, 4) is 5.69 Å². The molecule has 1 aromatic carbocycles. The molecule has 3 rings (SSSR count). The van der Waals surface area contributed by atoms with Crippen LogP contribution in [0.15, 0.2) is 53.8 Å². The summed E-state index contributed by atoms with van der Waals surface area (Å²) in [4.78, 5) is 8.65. The molecule has 2 aromatic heterocycles. The van der Waals surface area contributed by atoms with Gasteiger partial charge in [0.25, 0.3) is 0 Å². The molecule has 0 bridgehead atoms. The normalized spacial score (nSPS) is 11.3. The van der Waals surface area contributed by atoms with Crippen LogP contribution in [-0.2, 0) is 6.42 Å². The fraction of sp³-hybridized carbons (Fsp3) is 0.238. The van der Waals surface area contributed by atoms with Crippen molar-refractivity contribution in [1.29, 1.82) is 0 Å². The Labute approximate surface area is 143 Å². The minimum atomic E-state index is 0.868. The van der Waals surface area contributed by atoms with Crippen molar-refractivity contribution in [3.05, 3.63) is 76.9 Å². The number of benzene rings is 1. The first kappa shape index (κ1) is 16.2. The number of hydrogen-bond acceptors (Lipinski definition) is 2. The highest BCUT2D eigenvalue weighted by atomic mass is 15.0. The summed E-state index contributed by atoms with van der Waals surface area (Å²) >= 11 is 0. The predicted molar refractivity (Wildman–Crippen MR) is 101 cm³/mol. The summed E-state index contributed by atoms with van der Waals surface area (Å²) in [6.07, 6.45) is 6.48. The highest BCUT2D eigenvalue weighted by Crippen LogP contribution is 2.26. The molecule has 2 heterocycles. The summed E-state index contributed by atoms with van der Waals surface area (Å²) in [5.74, 6) is 0. The first-order chi connectivity index (χ1) is 11.6. The maximum Gasteiger partial charge on any atom is 0.0813 e.